The molecule has 0 radical (unpaired) electrons. The van der Waals surface area contributed by atoms with Gasteiger partial charge in [-0.2, -0.15) is 0 Å². The van der Waals surface area contributed by atoms with Gasteiger partial charge in [-0.3, -0.25) is 0 Å². The summed E-state index contributed by atoms with van der Waals surface area (Å²) < 4.78 is 16.0. The SMILES string of the molecule is COC1COc2ccccc2CO1. The molecule has 0 N–H and O–H groups in total. The van der Waals surface area contributed by atoms with Crippen molar-refractivity contribution in [2.24, 2.45) is 0 Å². The number of rotatable bonds is 1. The summed E-state index contributed by atoms with van der Waals surface area (Å²) in [6.07, 6.45) is -0.257. The first-order chi connectivity index (χ1) is 6.40. The second kappa shape index (κ2) is 3.77. The van der Waals surface area contributed by atoms with Crippen molar-refractivity contribution in [3.05, 3.63) is 29.8 Å². The first-order valence-electron chi connectivity index (χ1n) is 4.25. The van der Waals surface area contributed by atoms with Gasteiger partial charge < -0.3 is 14.2 Å². The number of hydrogen-bond donors (Lipinski definition) is 0. The van der Waals surface area contributed by atoms with Gasteiger partial charge in [0.2, 0.25) is 0 Å². The van der Waals surface area contributed by atoms with E-state index >= 15 is 0 Å². The molecule has 1 aliphatic rings. The molecule has 0 fully saturated rings. The lowest BCUT2D eigenvalue weighted by Crippen LogP contribution is -2.20. The van der Waals surface area contributed by atoms with Crippen LogP contribution in [0.1, 0.15) is 5.56 Å². The quantitative estimate of drug-likeness (QED) is 0.656. The third-order valence-electron chi connectivity index (χ3n) is 2.04. The predicted octanol–water partition coefficient (Wildman–Crippen LogP) is 1.57. The molecule has 2 rings (SSSR count). The second-order valence-electron chi connectivity index (χ2n) is 2.89. The zero-order valence-electron chi connectivity index (χ0n) is 7.53. The van der Waals surface area contributed by atoms with Crippen LogP contribution in [-0.4, -0.2) is 20.0 Å². The zero-order chi connectivity index (χ0) is 9.10. The molecule has 13 heavy (non-hydrogen) atoms. The van der Waals surface area contributed by atoms with Crippen molar-refractivity contribution in [1.82, 2.24) is 0 Å². The van der Waals surface area contributed by atoms with E-state index in [1.807, 2.05) is 24.3 Å². The van der Waals surface area contributed by atoms with Crippen molar-refractivity contribution < 1.29 is 14.2 Å². The molecule has 0 amide bonds. The number of para-hydroxylation sites is 1. The van der Waals surface area contributed by atoms with Gasteiger partial charge in [0.15, 0.2) is 6.29 Å². The Bertz CT molecular complexity index is 258. The Balaban J connectivity index is 2.17. The Morgan fingerprint density at radius 1 is 1.38 bits per heavy atom. The van der Waals surface area contributed by atoms with Gasteiger partial charge in [-0.25, -0.2) is 0 Å². The van der Waals surface area contributed by atoms with Gasteiger partial charge in [-0.1, -0.05) is 18.2 Å². The topological polar surface area (TPSA) is 27.7 Å². The van der Waals surface area contributed by atoms with Crippen molar-refractivity contribution in [3.8, 4) is 5.75 Å². The molecule has 0 aromatic heterocycles. The summed E-state index contributed by atoms with van der Waals surface area (Å²) in [5.41, 5.74) is 1.07. The van der Waals surface area contributed by atoms with Gasteiger partial charge in [-0.15, -0.1) is 0 Å². The molecule has 0 aliphatic carbocycles. The Kier molecular flexibility index (Phi) is 2.47. The molecular formula is C10H12O3. The fourth-order valence-electron chi connectivity index (χ4n) is 1.29. The summed E-state index contributed by atoms with van der Waals surface area (Å²) in [5, 5.41) is 0. The largest absolute Gasteiger partial charge is 0.488 e. The van der Waals surface area contributed by atoms with E-state index in [0.717, 1.165) is 11.3 Å². The van der Waals surface area contributed by atoms with Crippen LogP contribution in [0, 0.1) is 0 Å². The summed E-state index contributed by atoms with van der Waals surface area (Å²) >= 11 is 0. The highest BCUT2D eigenvalue weighted by atomic mass is 16.7. The first-order valence-corrected chi connectivity index (χ1v) is 4.25. The minimum Gasteiger partial charge on any atom is -0.488 e. The fraction of sp³-hybridized carbons (Fsp3) is 0.400. The maximum absolute atomic E-state index is 5.50. The van der Waals surface area contributed by atoms with Gasteiger partial charge in [0.25, 0.3) is 0 Å². The van der Waals surface area contributed by atoms with Crippen LogP contribution in [0.15, 0.2) is 24.3 Å². The summed E-state index contributed by atoms with van der Waals surface area (Å²) in [4.78, 5) is 0. The smallest absolute Gasteiger partial charge is 0.191 e. The van der Waals surface area contributed by atoms with Crippen LogP contribution >= 0.6 is 0 Å². The van der Waals surface area contributed by atoms with E-state index in [1.54, 1.807) is 7.11 Å². The van der Waals surface area contributed by atoms with E-state index in [-0.39, 0.29) is 6.29 Å². The van der Waals surface area contributed by atoms with Gasteiger partial charge in [0.05, 0.1) is 6.61 Å². The van der Waals surface area contributed by atoms with Crippen LogP contribution in [-0.2, 0) is 16.1 Å². The molecule has 1 aromatic carbocycles. The third-order valence-corrected chi connectivity index (χ3v) is 2.04. The molecule has 0 bridgehead atoms. The highest BCUT2D eigenvalue weighted by molar-refractivity contribution is 5.33. The van der Waals surface area contributed by atoms with E-state index in [9.17, 15) is 0 Å². The average molecular weight is 180 g/mol. The minimum atomic E-state index is -0.257. The molecule has 1 aromatic rings. The van der Waals surface area contributed by atoms with Crippen LogP contribution in [0.25, 0.3) is 0 Å². The molecule has 3 heteroatoms. The number of methoxy groups -OCH3 is 1. The van der Waals surface area contributed by atoms with E-state index in [2.05, 4.69) is 0 Å². The Labute approximate surface area is 77.2 Å². The van der Waals surface area contributed by atoms with Crippen LogP contribution in [0.4, 0.5) is 0 Å². The highest BCUT2D eigenvalue weighted by Crippen LogP contribution is 2.22. The van der Waals surface area contributed by atoms with E-state index in [0.29, 0.717) is 13.2 Å². The van der Waals surface area contributed by atoms with Crippen molar-refractivity contribution in [2.75, 3.05) is 13.7 Å². The third kappa shape index (κ3) is 1.82. The number of ether oxygens (including phenoxy) is 3. The second-order valence-corrected chi connectivity index (χ2v) is 2.89. The molecule has 1 aliphatic heterocycles. The van der Waals surface area contributed by atoms with Gasteiger partial charge >= 0.3 is 0 Å². The maximum atomic E-state index is 5.50. The van der Waals surface area contributed by atoms with Crippen molar-refractivity contribution >= 4 is 0 Å². The summed E-state index contributed by atoms with van der Waals surface area (Å²) in [6, 6.07) is 7.86. The van der Waals surface area contributed by atoms with Crippen LogP contribution in [0.3, 0.4) is 0 Å². The van der Waals surface area contributed by atoms with Crippen LogP contribution < -0.4 is 4.74 Å². The molecule has 3 nitrogen and oxygen atoms in total. The molecule has 70 valence electrons. The molecule has 0 saturated carbocycles. The molecule has 1 unspecified atom stereocenters. The van der Waals surface area contributed by atoms with Crippen LogP contribution in [0.2, 0.25) is 0 Å². The number of benzene rings is 1. The van der Waals surface area contributed by atoms with E-state index < -0.39 is 0 Å². The van der Waals surface area contributed by atoms with Crippen molar-refractivity contribution in [1.29, 1.82) is 0 Å². The lowest BCUT2D eigenvalue weighted by Gasteiger charge is -2.11. The summed E-state index contributed by atoms with van der Waals surface area (Å²) in [5.74, 6) is 0.891. The molecule has 0 saturated heterocycles. The maximum Gasteiger partial charge on any atom is 0.191 e. The first kappa shape index (κ1) is 8.53. The monoisotopic (exact) mass is 180 g/mol. The van der Waals surface area contributed by atoms with Crippen molar-refractivity contribution in [2.45, 2.75) is 12.9 Å². The normalized spacial score (nSPS) is 21.5. The van der Waals surface area contributed by atoms with Crippen molar-refractivity contribution in [3.63, 3.8) is 0 Å². The van der Waals surface area contributed by atoms with E-state index in [4.69, 9.17) is 14.2 Å². The number of fused-ring (bicyclic) bond motifs is 1. The standard InChI is InChI=1S/C10H12O3/c1-11-10-7-12-9-5-3-2-4-8(9)6-13-10/h2-5,10H,6-7H2,1H3. The molecule has 1 heterocycles. The van der Waals surface area contributed by atoms with Crippen LogP contribution in [0.5, 0.6) is 5.75 Å². The van der Waals surface area contributed by atoms with E-state index in [1.165, 1.54) is 0 Å². The van der Waals surface area contributed by atoms with Gasteiger partial charge in [0, 0.05) is 12.7 Å². The van der Waals surface area contributed by atoms with Gasteiger partial charge in [0.1, 0.15) is 12.4 Å². The highest BCUT2D eigenvalue weighted by Gasteiger charge is 2.15. The lowest BCUT2D eigenvalue weighted by molar-refractivity contribution is -0.141. The molecule has 1 atom stereocenters. The zero-order valence-corrected chi connectivity index (χ0v) is 7.53. The predicted molar refractivity (Wildman–Crippen MR) is 47.5 cm³/mol. The lowest BCUT2D eigenvalue weighted by atomic mass is 10.2. The Morgan fingerprint density at radius 2 is 2.23 bits per heavy atom. The summed E-state index contributed by atoms with van der Waals surface area (Å²) in [7, 11) is 1.62. The van der Waals surface area contributed by atoms with Gasteiger partial charge in [-0.05, 0) is 6.07 Å². The molecule has 0 spiro atoms. The summed E-state index contributed by atoms with van der Waals surface area (Å²) in [6.45, 7) is 1.00. The number of hydrogen-bond acceptors (Lipinski definition) is 3. The minimum absolute atomic E-state index is 0.257. The Hall–Kier alpha value is -1.06. The average Bonchev–Trinajstić information content (AvgIpc) is 2.39. The molecular weight excluding hydrogens is 168 g/mol. The fourth-order valence-corrected chi connectivity index (χ4v) is 1.29. The Morgan fingerprint density at radius 3 is 3.08 bits per heavy atom.